The van der Waals surface area contributed by atoms with Crippen molar-refractivity contribution >= 4 is 6.03 Å². The molecular formula is C17H34N4O2. The number of rotatable bonds is 5. The average Bonchev–Trinajstić information content (AvgIpc) is 2.80. The van der Waals surface area contributed by atoms with Crippen LogP contribution in [0.4, 0.5) is 4.79 Å². The molecule has 6 heteroatoms. The van der Waals surface area contributed by atoms with E-state index in [1.54, 1.807) is 11.9 Å². The normalized spacial score (nSPS) is 26.9. The first-order chi connectivity index (χ1) is 10.8. The summed E-state index contributed by atoms with van der Waals surface area (Å²) in [6.07, 6.45) is 2.89. The molecule has 1 aliphatic carbocycles. The van der Waals surface area contributed by atoms with Crippen LogP contribution in [0.3, 0.4) is 0 Å². The molecule has 2 amide bonds. The van der Waals surface area contributed by atoms with E-state index in [4.69, 9.17) is 0 Å². The molecule has 0 spiro atoms. The van der Waals surface area contributed by atoms with Gasteiger partial charge in [-0.1, -0.05) is 20.3 Å². The number of carbonyl (C=O) groups excluding carboxylic acids is 1. The van der Waals surface area contributed by atoms with Gasteiger partial charge >= 0.3 is 6.03 Å². The Kier molecular flexibility index (Phi) is 6.28. The molecular weight excluding hydrogens is 292 g/mol. The Morgan fingerprint density at radius 1 is 1.35 bits per heavy atom. The van der Waals surface area contributed by atoms with Crippen molar-refractivity contribution in [3.8, 4) is 0 Å². The lowest BCUT2D eigenvalue weighted by atomic mass is 9.87. The first kappa shape index (κ1) is 18.5. The van der Waals surface area contributed by atoms with Gasteiger partial charge in [0.15, 0.2) is 0 Å². The van der Waals surface area contributed by atoms with Gasteiger partial charge in [-0.2, -0.15) is 0 Å². The fraction of sp³-hybridized carbons (Fsp3) is 0.941. The van der Waals surface area contributed by atoms with Crippen LogP contribution in [0.1, 0.15) is 33.1 Å². The second-order valence-corrected chi connectivity index (χ2v) is 8.02. The maximum atomic E-state index is 12.3. The Bertz CT molecular complexity index is 394. The Balaban J connectivity index is 1.72. The number of piperazine rings is 1. The van der Waals surface area contributed by atoms with Gasteiger partial charge in [-0.05, 0) is 25.3 Å². The van der Waals surface area contributed by atoms with Crippen LogP contribution in [-0.2, 0) is 0 Å². The van der Waals surface area contributed by atoms with Gasteiger partial charge in [-0.15, -0.1) is 0 Å². The molecule has 2 aliphatic rings. The summed E-state index contributed by atoms with van der Waals surface area (Å²) in [5, 5.41) is 13.4. The molecule has 6 nitrogen and oxygen atoms in total. The number of likely N-dealkylation sites (N-methyl/N-ethyl adjacent to an activating group) is 2. The molecule has 0 aromatic heterocycles. The van der Waals surface area contributed by atoms with Gasteiger partial charge in [0.05, 0.1) is 6.10 Å². The number of nitrogens with zero attached hydrogens (tertiary/aromatic N) is 3. The van der Waals surface area contributed by atoms with Gasteiger partial charge in [0.1, 0.15) is 0 Å². The van der Waals surface area contributed by atoms with Crippen LogP contribution in [0, 0.1) is 5.41 Å². The third-order valence-electron chi connectivity index (χ3n) is 5.45. The zero-order valence-corrected chi connectivity index (χ0v) is 15.2. The number of amides is 2. The maximum absolute atomic E-state index is 12.3. The Morgan fingerprint density at radius 2 is 2.00 bits per heavy atom. The number of β-amino-alcohol motifs (C(OH)–C–C–N with tert-alkyl or cyclic N) is 1. The minimum atomic E-state index is -0.495. The number of nitrogens with one attached hydrogen (secondary N) is 1. The molecule has 2 N–H and O–H groups in total. The molecule has 2 atom stereocenters. The first-order valence-electron chi connectivity index (χ1n) is 8.88. The van der Waals surface area contributed by atoms with E-state index in [-0.39, 0.29) is 17.5 Å². The van der Waals surface area contributed by atoms with Crippen LogP contribution < -0.4 is 5.32 Å². The van der Waals surface area contributed by atoms with E-state index in [0.717, 1.165) is 39.0 Å². The van der Waals surface area contributed by atoms with Gasteiger partial charge in [0.2, 0.25) is 0 Å². The minimum absolute atomic E-state index is 0.0672. The van der Waals surface area contributed by atoms with Crippen molar-refractivity contribution in [2.75, 3.05) is 53.4 Å². The molecule has 0 aromatic carbocycles. The number of aliphatic hydroxyl groups is 1. The van der Waals surface area contributed by atoms with Gasteiger partial charge in [-0.3, -0.25) is 4.90 Å². The summed E-state index contributed by atoms with van der Waals surface area (Å²) >= 11 is 0. The molecule has 1 saturated carbocycles. The third kappa shape index (κ3) is 5.33. The van der Waals surface area contributed by atoms with Crippen molar-refractivity contribution in [1.82, 2.24) is 20.0 Å². The maximum Gasteiger partial charge on any atom is 0.317 e. The van der Waals surface area contributed by atoms with Crippen molar-refractivity contribution in [2.45, 2.75) is 45.3 Å². The fourth-order valence-electron chi connectivity index (χ4n) is 3.64. The monoisotopic (exact) mass is 326 g/mol. The number of hydrogen-bond donors (Lipinski definition) is 2. The number of carbonyl (C=O) groups is 1. The molecule has 23 heavy (non-hydrogen) atoms. The zero-order chi connectivity index (χ0) is 17.0. The van der Waals surface area contributed by atoms with Gasteiger partial charge in [-0.25, -0.2) is 4.79 Å². The van der Waals surface area contributed by atoms with Crippen molar-refractivity contribution in [1.29, 1.82) is 0 Å². The smallest absolute Gasteiger partial charge is 0.317 e. The van der Waals surface area contributed by atoms with Crippen LogP contribution >= 0.6 is 0 Å². The summed E-state index contributed by atoms with van der Waals surface area (Å²) in [4.78, 5) is 18.5. The second-order valence-electron chi connectivity index (χ2n) is 8.02. The lowest BCUT2D eigenvalue weighted by Gasteiger charge is -2.34. The number of hydrogen-bond acceptors (Lipinski definition) is 4. The zero-order valence-electron chi connectivity index (χ0n) is 15.2. The van der Waals surface area contributed by atoms with Crippen LogP contribution in [0.15, 0.2) is 0 Å². The average molecular weight is 326 g/mol. The summed E-state index contributed by atoms with van der Waals surface area (Å²) < 4.78 is 0. The summed E-state index contributed by atoms with van der Waals surface area (Å²) in [5.41, 5.74) is 0.176. The quantitative estimate of drug-likeness (QED) is 0.785. The topological polar surface area (TPSA) is 59.1 Å². The summed E-state index contributed by atoms with van der Waals surface area (Å²) in [5.74, 6) is 0. The molecule has 0 bridgehead atoms. The van der Waals surface area contributed by atoms with Crippen molar-refractivity contribution < 1.29 is 9.90 Å². The van der Waals surface area contributed by atoms with Crippen LogP contribution in [-0.4, -0.2) is 91.3 Å². The Labute approximate surface area is 140 Å². The Hall–Kier alpha value is -0.850. The van der Waals surface area contributed by atoms with Crippen molar-refractivity contribution in [2.24, 2.45) is 5.41 Å². The molecule has 0 radical (unpaired) electrons. The highest BCUT2D eigenvalue weighted by atomic mass is 16.3. The molecule has 2 rings (SSSR count). The molecule has 2 fully saturated rings. The number of aliphatic hydroxyl groups excluding tert-OH is 1. The van der Waals surface area contributed by atoms with Crippen LogP contribution in [0.5, 0.6) is 0 Å². The molecule has 0 aromatic rings. The largest absolute Gasteiger partial charge is 0.390 e. The van der Waals surface area contributed by atoms with E-state index in [0.29, 0.717) is 13.1 Å². The lowest BCUT2D eigenvalue weighted by Crippen LogP contribution is -2.51. The first-order valence-corrected chi connectivity index (χ1v) is 8.88. The van der Waals surface area contributed by atoms with E-state index in [1.807, 2.05) is 0 Å². The highest BCUT2D eigenvalue weighted by Gasteiger charge is 2.36. The highest BCUT2D eigenvalue weighted by Crippen LogP contribution is 2.37. The fourth-order valence-corrected chi connectivity index (χ4v) is 3.64. The van der Waals surface area contributed by atoms with Crippen molar-refractivity contribution in [3.63, 3.8) is 0 Å². The predicted octanol–water partition coefficient (Wildman–Crippen LogP) is 0.815. The summed E-state index contributed by atoms with van der Waals surface area (Å²) in [6, 6.07) is 0.176. The van der Waals surface area contributed by atoms with E-state index in [2.05, 4.69) is 36.0 Å². The summed E-state index contributed by atoms with van der Waals surface area (Å²) in [7, 11) is 3.89. The molecule has 2 unspecified atom stereocenters. The van der Waals surface area contributed by atoms with Gasteiger partial charge in [0.25, 0.3) is 0 Å². The number of urea groups is 1. The van der Waals surface area contributed by atoms with Crippen LogP contribution in [0.2, 0.25) is 0 Å². The predicted molar refractivity (Wildman–Crippen MR) is 92.5 cm³/mol. The van der Waals surface area contributed by atoms with E-state index in [9.17, 15) is 9.90 Å². The molecule has 1 aliphatic heterocycles. The van der Waals surface area contributed by atoms with Crippen molar-refractivity contribution in [3.05, 3.63) is 0 Å². The van der Waals surface area contributed by atoms with Gasteiger partial charge in [0, 0.05) is 52.4 Å². The lowest BCUT2D eigenvalue weighted by molar-refractivity contribution is 0.0651. The van der Waals surface area contributed by atoms with Crippen LogP contribution in [0.25, 0.3) is 0 Å². The highest BCUT2D eigenvalue weighted by molar-refractivity contribution is 5.74. The summed E-state index contributed by atoms with van der Waals surface area (Å²) in [6.45, 7) is 9.51. The van der Waals surface area contributed by atoms with E-state index in [1.165, 1.54) is 6.42 Å². The second kappa shape index (κ2) is 7.81. The molecule has 1 heterocycles. The standard InChI is InChI=1S/C17H34N4O2/c1-17(2)7-5-6-15(17)18-16(23)20(4)12-14(22)13-21-10-8-19(3)9-11-21/h14-15,22H,5-13H2,1-4H3,(H,18,23). The molecule has 1 saturated heterocycles. The third-order valence-corrected chi connectivity index (χ3v) is 5.45. The minimum Gasteiger partial charge on any atom is -0.390 e. The van der Waals surface area contributed by atoms with E-state index < -0.39 is 6.10 Å². The SMILES string of the molecule is CN1CCN(CC(O)CN(C)C(=O)NC2CCCC2(C)C)CC1. The van der Waals surface area contributed by atoms with Gasteiger partial charge < -0.3 is 20.2 Å². The Morgan fingerprint density at radius 3 is 2.57 bits per heavy atom. The molecule has 134 valence electrons. The van der Waals surface area contributed by atoms with E-state index >= 15 is 0 Å².